The van der Waals surface area contributed by atoms with Crippen LogP contribution in [0, 0.1) is 6.92 Å². The fraction of sp³-hybridized carbons (Fsp3) is 0.412. The van der Waals surface area contributed by atoms with Crippen molar-refractivity contribution in [3.05, 3.63) is 94.8 Å². The van der Waals surface area contributed by atoms with Crippen LogP contribution in [0.3, 0.4) is 0 Å². The van der Waals surface area contributed by atoms with Gasteiger partial charge >= 0.3 is 0 Å². The summed E-state index contributed by atoms with van der Waals surface area (Å²) in [7, 11) is 0. The Morgan fingerprint density at radius 2 is 1.73 bits per heavy atom. The number of aliphatic hydroxyl groups is 1. The highest BCUT2D eigenvalue weighted by molar-refractivity contribution is 5.94. The summed E-state index contributed by atoms with van der Waals surface area (Å²) in [5, 5.41) is 9.98. The average Bonchev–Trinajstić information content (AvgIpc) is 3.39. The fourth-order valence-corrected chi connectivity index (χ4v) is 6.03. The van der Waals surface area contributed by atoms with Crippen molar-refractivity contribution in [3.8, 4) is 5.75 Å². The van der Waals surface area contributed by atoms with Gasteiger partial charge < -0.3 is 19.3 Å². The van der Waals surface area contributed by atoms with Crippen LogP contribution in [0.4, 0.5) is 0 Å². The summed E-state index contributed by atoms with van der Waals surface area (Å²) >= 11 is 0. The molecular formula is C34H42N4O3. The summed E-state index contributed by atoms with van der Waals surface area (Å²) in [6.07, 6.45) is 2.80. The standard InChI is InChI=1S/C34H42N4O3/c1-4-37(5-2)34(40)27-15-13-26(14-16-27)23-28-10-6-7-12-31(28)41-22-21-36-19-17-29(18-20-36)38-32(24-39)35-30-11-8-9-25(3)33(30)38/h6-16,29,39H,4-5,17-24H2,1-3H3. The van der Waals surface area contributed by atoms with Crippen molar-refractivity contribution < 1.29 is 14.6 Å². The van der Waals surface area contributed by atoms with E-state index in [0.717, 1.165) is 78.2 Å². The Kier molecular flexibility index (Phi) is 9.37. The molecule has 3 aromatic carbocycles. The largest absolute Gasteiger partial charge is 0.492 e. The van der Waals surface area contributed by atoms with Crippen LogP contribution in [-0.4, -0.2) is 69.7 Å². The minimum absolute atomic E-state index is 0.0415. The Balaban J connectivity index is 1.15. The van der Waals surface area contributed by atoms with Crippen LogP contribution in [-0.2, 0) is 13.0 Å². The van der Waals surface area contributed by atoms with Gasteiger partial charge in [-0.15, -0.1) is 0 Å². The molecule has 5 rings (SSSR count). The van der Waals surface area contributed by atoms with Gasteiger partial charge in [-0.3, -0.25) is 9.69 Å². The number of rotatable bonds is 11. The lowest BCUT2D eigenvalue weighted by Crippen LogP contribution is -2.37. The molecule has 2 heterocycles. The quantitative estimate of drug-likeness (QED) is 0.260. The fourth-order valence-electron chi connectivity index (χ4n) is 6.03. The molecule has 7 nitrogen and oxygen atoms in total. The number of carbonyl (C=O) groups is 1. The number of fused-ring (bicyclic) bond motifs is 1. The molecule has 1 amide bonds. The molecule has 4 aromatic rings. The molecule has 1 aromatic heterocycles. The zero-order chi connectivity index (χ0) is 28.8. The van der Waals surface area contributed by atoms with Gasteiger partial charge in [0.05, 0.1) is 11.0 Å². The van der Waals surface area contributed by atoms with Crippen LogP contribution in [0.1, 0.15) is 65.6 Å². The third-order valence-corrected chi connectivity index (χ3v) is 8.33. The number of ether oxygens (including phenoxy) is 1. The number of benzene rings is 3. The highest BCUT2D eigenvalue weighted by Gasteiger charge is 2.25. The summed E-state index contributed by atoms with van der Waals surface area (Å²) in [6, 6.07) is 22.7. The molecule has 41 heavy (non-hydrogen) atoms. The normalized spacial score (nSPS) is 14.4. The summed E-state index contributed by atoms with van der Waals surface area (Å²) in [6.45, 7) is 11.0. The number of carbonyl (C=O) groups excluding carboxylic acids is 1. The number of para-hydroxylation sites is 2. The van der Waals surface area contributed by atoms with Gasteiger partial charge in [0.25, 0.3) is 5.91 Å². The summed E-state index contributed by atoms with van der Waals surface area (Å²) in [4.78, 5) is 21.6. The van der Waals surface area contributed by atoms with Crippen molar-refractivity contribution in [2.75, 3.05) is 39.3 Å². The zero-order valence-corrected chi connectivity index (χ0v) is 24.6. The highest BCUT2D eigenvalue weighted by Crippen LogP contribution is 2.31. The van der Waals surface area contributed by atoms with E-state index in [-0.39, 0.29) is 12.5 Å². The molecule has 0 spiro atoms. The number of hydrogen-bond donors (Lipinski definition) is 1. The lowest BCUT2D eigenvalue weighted by atomic mass is 10.0. The molecule has 0 saturated carbocycles. The predicted octanol–water partition coefficient (Wildman–Crippen LogP) is 5.63. The van der Waals surface area contributed by atoms with E-state index in [1.165, 1.54) is 5.56 Å². The van der Waals surface area contributed by atoms with Gasteiger partial charge in [0.15, 0.2) is 0 Å². The second-order valence-corrected chi connectivity index (χ2v) is 10.9. The van der Waals surface area contributed by atoms with E-state index < -0.39 is 0 Å². The number of amides is 1. The molecule has 1 aliphatic heterocycles. The van der Waals surface area contributed by atoms with E-state index in [1.54, 1.807) is 0 Å². The number of aromatic nitrogens is 2. The molecule has 0 bridgehead atoms. The Hall–Kier alpha value is -3.68. The van der Waals surface area contributed by atoms with Gasteiger partial charge in [-0.05, 0) is 74.6 Å². The number of aliphatic hydroxyl groups excluding tert-OH is 1. The molecule has 1 saturated heterocycles. The van der Waals surface area contributed by atoms with Gasteiger partial charge in [-0.1, -0.05) is 42.5 Å². The van der Waals surface area contributed by atoms with Crippen LogP contribution in [0.15, 0.2) is 66.7 Å². The second kappa shape index (κ2) is 13.3. The molecule has 7 heteroatoms. The maximum absolute atomic E-state index is 12.6. The number of imidazole rings is 1. The van der Waals surface area contributed by atoms with E-state index in [0.29, 0.717) is 25.7 Å². The van der Waals surface area contributed by atoms with Crippen molar-refractivity contribution in [3.63, 3.8) is 0 Å². The third kappa shape index (κ3) is 6.47. The molecule has 0 aliphatic carbocycles. The first-order valence-corrected chi connectivity index (χ1v) is 14.9. The van der Waals surface area contributed by atoms with Crippen molar-refractivity contribution in [1.29, 1.82) is 0 Å². The maximum Gasteiger partial charge on any atom is 0.253 e. The third-order valence-electron chi connectivity index (χ3n) is 8.33. The van der Waals surface area contributed by atoms with Gasteiger partial charge in [0, 0.05) is 50.7 Å². The van der Waals surface area contributed by atoms with Crippen LogP contribution < -0.4 is 4.74 Å². The van der Waals surface area contributed by atoms with Crippen LogP contribution >= 0.6 is 0 Å². The molecule has 0 atom stereocenters. The number of piperidine rings is 1. The van der Waals surface area contributed by atoms with Crippen molar-refractivity contribution in [2.24, 2.45) is 0 Å². The minimum Gasteiger partial charge on any atom is -0.492 e. The van der Waals surface area contributed by atoms with Crippen molar-refractivity contribution >= 4 is 16.9 Å². The number of likely N-dealkylation sites (tertiary alicyclic amines) is 1. The Bertz CT molecular complexity index is 1450. The SMILES string of the molecule is CCN(CC)C(=O)c1ccc(Cc2ccccc2OCCN2CCC(n3c(CO)nc4cccc(C)c43)CC2)cc1. The van der Waals surface area contributed by atoms with Gasteiger partial charge in [-0.2, -0.15) is 0 Å². The lowest BCUT2D eigenvalue weighted by Gasteiger charge is -2.33. The van der Waals surface area contributed by atoms with E-state index in [4.69, 9.17) is 9.72 Å². The highest BCUT2D eigenvalue weighted by atomic mass is 16.5. The van der Waals surface area contributed by atoms with Gasteiger partial charge in [-0.25, -0.2) is 4.98 Å². The predicted molar refractivity (Wildman–Crippen MR) is 164 cm³/mol. The lowest BCUT2D eigenvalue weighted by molar-refractivity contribution is 0.0773. The molecule has 1 aliphatic rings. The first-order chi connectivity index (χ1) is 20.0. The second-order valence-electron chi connectivity index (χ2n) is 10.9. The topological polar surface area (TPSA) is 70.8 Å². The molecule has 1 N–H and O–H groups in total. The Morgan fingerprint density at radius 3 is 2.44 bits per heavy atom. The molecular weight excluding hydrogens is 512 g/mol. The van der Waals surface area contributed by atoms with Crippen LogP contribution in [0.5, 0.6) is 5.75 Å². The van der Waals surface area contributed by atoms with Crippen LogP contribution in [0.2, 0.25) is 0 Å². The molecule has 216 valence electrons. The average molecular weight is 555 g/mol. The van der Waals surface area contributed by atoms with Crippen molar-refractivity contribution in [2.45, 2.75) is 52.7 Å². The van der Waals surface area contributed by atoms with Gasteiger partial charge in [0.1, 0.15) is 24.8 Å². The number of hydrogen-bond acceptors (Lipinski definition) is 5. The van der Waals surface area contributed by atoms with Gasteiger partial charge in [0.2, 0.25) is 0 Å². The smallest absolute Gasteiger partial charge is 0.253 e. The first-order valence-electron chi connectivity index (χ1n) is 14.9. The Labute approximate surface area is 243 Å². The van der Waals surface area contributed by atoms with Crippen LogP contribution in [0.25, 0.3) is 11.0 Å². The summed E-state index contributed by atoms with van der Waals surface area (Å²) in [5.41, 5.74) is 6.35. The first kappa shape index (κ1) is 28.8. The summed E-state index contributed by atoms with van der Waals surface area (Å²) < 4.78 is 8.57. The summed E-state index contributed by atoms with van der Waals surface area (Å²) in [5.74, 6) is 1.76. The number of aryl methyl sites for hydroxylation is 1. The monoisotopic (exact) mass is 554 g/mol. The zero-order valence-electron chi connectivity index (χ0n) is 24.6. The van der Waals surface area contributed by atoms with E-state index in [2.05, 4.69) is 28.5 Å². The molecule has 1 fully saturated rings. The Morgan fingerprint density at radius 1 is 1.00 bits per heavy atom. The maximum atomic E-state index is 12.6. The van der Waals surface area contributed by atoms with E-state index >= 15 is 0 Å². The number of nitrogens with zero attached hydrogens (tertiary/aromatic N) is 4. The van der Waals surface area contributed by atoms with E-state index in [9.17, 15) is 9.90 Å². The van der Waals surface area contributed by atoms with E-state index in [1.807, 2.05) is 73.3 Å². The minimum atomic E-state index is -0.0415. The molecule has 0 unspecified atom stereocenters. The van der Waals surface area contributed by atoms with Crippen molar-refractivity contribution in [1.82, 2.24) is 19.4 Å². The molecule has 0 radical (unpaired) electrons.